The van der Waals surface area contributed by atoms with Crippen molar-refractivity contribution in [2.24, 2.45) is 11.8 Å². The molecule has 1 fully saturated rings. The van der Waals surface area contributed by atoms with Crippen LogP contribution in [0.1, 0.15) is 51.2 Å². The van der Waals surface area contributed by atoms with Crippen LogP contribution in [0.25, 0.3) is 0 Å². The summed E-state index contributed by atoms with van der Waals surface area (Å²) in [7, 11) is 0. The first-order valence-electron chi connectivity index (χ1n) is 8.41. The van der Waals surface area contributed by atoms with Crippen LogP contribution in [0.3, 0.4) is 0 Å². The number of benzene rings is 1. The number of hydrogen-bond acceptors (Lipinski definition) is 2. The minimum absolute atomic E-state index is 0.510. The van der Waals surface area contributed by atoms with Gasteiger partial charge in [-0.15, -0.1) is 0 Å². The molecule has 1 aliphatic heterocycles. The minimum atomic E-state index is 0.510. The Balaban J connectivity index is 1.90. The summed E-state index contributed by atoms with van der Waals surface area (Å²) in [5, 5.41) is 0. The fourth-order valence-corrected chi connectivity index (χ4v) is 3.50. The summed E-state index contributed by atoms with van der Waals surface area (Å²) in [5.41, 5.74) is 2.59. The van der Waals surface area contributed by atoms with E-state index in [-0.39, 0.29) is 0 Å². The molecule has 0 spiro atoms. The lowest BCUT2D eigenvalue weighted by atomic mass is 9.92. The molecular weight excluding hydrogens is 258 g/mol. The molecule has 2 unspecified atom stereocenters. The third kappa shape index (κ3) is 4.74. The molecule has 0 bridgehead atoms. The van der Waals surface area contributed by atoms with Crippen LogP contribution in [-0.4, -0.2) is 31.1 Å². The number of rotatable bonds is 5. The molecule has 118 valence electrons. The topological polar surface area (TPSA) is 12.5 Å². The summed E-state index contributed by atoms with van der Waals surface area (Å²) in [5.74, 6) is 3.22. The standard InChI is InChI=1S/C19H31NO/c1-14(2)18-7-6-15(3)11-19(18)21-9-8-20-12-16(4)10-17(5)13-20/h6-7,11,14,16-17H,8-10,12-13H2,1-5H3. The molecule has 0 aliphatic carbocycles. The lowest BCUT2D eigenvalue weighted by Crippen LogP contribution is -2.40. The second kappa shape index (κ2) is 7.31. The van der Waals surface area contributed by atoms with Crippen molar-refractivity contribution >= 4 is 0 Å². The van der Waals surface area contributed by atoms with Gasteiger partial charge in [0.05, 0.1) is 0 Å². The van der Waals surface area contributed by atoms with Gasteiger partial charge in [-0.3, -0.25) is 4.90 Å². The SMILES string of the molecule is Cc1ccc(C(C)C)c(OCCN2CC(C)CC(C)C2)c1. The van der Waals surface area contributed by atoms with Gasteiger partial charge in [-0.2, -0.15) is 0 Å². The van der Waals surface area contributed by atoms with Crippen molar-refractivity contribution in [3.63, 3.8) is 0 Å². The maximum Gasteiger partial charge on any atom is 0.123 e. The van der Waals surface area contributed by atoms with E-state index in [1.807, 2.05) is 0 Å². The number of piperidine rings is 1. The van der Waals surface area contributed by atoms with Crippen molar-refractivity contribution in [2.75, 3.05) is 26.2 Å². The largest absolute Gasteiger partial charge is 0.492 e. The molecule has 2 nitrogen and oxygen atoms in total. The maximum absolute atomic E-state index is 6.11. The molecule has 1 heterocycles. The highest BCUT2D eigenvalue weighted by Crippen LogP contribution is 2.27. The molecule has 0 amide bonds. The number of hydrogen-bond donors (Lipinski definition) is 0. The van der Waals surface area contributed by atoms with Crippen LogP contribution in [0.2, 0.25) is 0 Å². The Morgan fingerprint density at radius 1 is 1.19 bits per heavy atom. The molecule has 1 aromatic rings. The van der Waals surface area contributed by atoms with Gasteiger partial charge in [0, 0.05) is 19.6 Å². The van der Waals surface area contributed by atoms with E-state index in [9.17, 15) is 0 Å². The molecule has 2 rings (SSSR count). The minimum Gasteiger partial charge on any atom is -0.492 e. The van der Waals surface area contributed by atoms with Gasteiger partial charge in [-0.05, 0) is 48.3 Å². The Morgan fingerprint density at radius 2 is 1.86 bits per heavy atom. The van der Waals surface area contributed by atoms with Gasteiger partial charge in [0.25, 0.3) is 0 Å². The second-order valence-corrected chi connectivity index (χ2v) is 7.25. The zero-order valence-electron chi connectivity index (χ0n) is 14.4. The summed E-state index contributed by atoms with van der Waals surface area (Å²) in [4.78, 5) is 2.56. The highest BCUT2D eigenvalue weighted by Gasteiger charge is 2.21. The molecule has 21 heavy (non-hydrogen) atoms. The highest BCUT2D eigenvalue weighted by atomic mass is 16.5. The van der Waals surface area contributed by atoms with E-state index in [2.05, 4.69) is 57.7 Å². The van der Waals surface area contributed by atoms with E-state index in [0.29, 0.717) is 5.92 Å². The Kier molecular flexibility index (Phi) is 5.69. The Hall–Kier alpha value is -1.02. The summed E-state index contributed by atoms with van der Waals surface area (Å²) < 4.78 is 6.11. The number of likely N-dealkylation sites (tertiary alicyclic amines) is 1. The zero-order valence-corrected chi connectivity index (χ0v) is 14.4. The van der Waals surface area contributed by atoms with Gasteiger partial charge in [-0.25, -0.2) is 0 Å². The lowest BCUT2D eigenvalue weighted by Gasteiger charge is -2.34. The molecule has 1 saturated heterocycles. The fraction of sp³-hybridized carbons (Fsp3) is 0.684. The Labute approximate surface area is 130 Å². The van der Waals surface area contributed by atoms with Gasteiger partial charge < -0.3 is 4.74 Å². The van der Waals surface area contributed by atoms with E-state index in [1.165, 1.54) is 30.6 Å². The third-order valence-electron chi connectivity index (χ3n) is 4.40. The van der Waals surface area contributed by atoms with Crippen LogP contribution in [0.4, 0.5) is 0 Å². The van der Waals surface area contributed by atoms with Gasteiger partial charge in [-0.1, -0.05) is 39.8 Å². The van der Waals surface area contributed by atoms with E-state index in [4.69, 9.17) is 4.74 Å². The van der Waals surface area contributed by atoms with Crippen LogP contribution in [0.15, 0.2) is 18.2 Å². The first-order chi connectivity index (χ1) is 9.95. The van der Waals surface area contributed by atoms with Crippen LogP contribution in [0, 0.1) is 18.8 Å². The molecule has 1 aromatic carbocycles. The average molecular weight is 289 g/mol. The first kappa shape index (κ1) is 16.4. The summed E-state index contributed by atoms with van der Waals surface area (Å²) in [6, 6.07) is 6.56. The molecule has 0 N–H and O–H groups in total. The molecule has 1 aliphatic rings. The number of ether oxygens (including phenoxy) is 1. The van der Waals surface area contributed by atoms with Crippen molar-refractivity contribution in [1.29, 1.82) is 0 Å². The molecular formula is C19H31NO. The van der Waals surface area contributed by atoms with Crippen LogP contribution in [0.5, 0.6) is 5.75 Å². The fourth-order valence-electron chi connectivity index (χ4n) is 3.50. The predicted octanol–water partition coefficient (Wildman–Crippen LogP) is 4.48. The van der Waals surface area contributed by atoms with Crippen LogP contribution < -0.4 is 4.74 Å². The van der Waals surface area contributed by atoms with Gasteiger partial charge in [0.2, 0.25) is 0 Å². The molecule has 0 aromatic heterocycles. The monoisotopic (exact) mass is 289 g/mol. The van der Waals surface area contributed by atoms with Crippen molar-refractivity contribution in [2.45, 2.75) is 47.0 Å². The Bertz CT molecular complexity index is 445. The lowest BCUT2D eigenvalue weighted by molar-refractivity contribution is 0.120. The quantitative estimate of drug-likeness (QED) is 0.792. The Morgan fingerprint density at radius 3 is 2.48 bits per heavy atom. The summed E-state index contributed by atoms with van der Waals surface area (Å²) >= 11 is 0. The highest BCUT2D eigenvalue weighted by molar-refractivity contribution is 5.39. The van der Waals surface area contributed by atoms with Gasteiger partial charge >= 0.3 is 0 Å². The van der Waals surface area contributed by atoms with E-state index in [1.54, 1.807) is 0 Å². The third-order valence-corrected chi connectivity index (χ3v) is 4.40. The molecule has 2 heteroatoms. The van der Waals surface area contributed by atoms with Gasteiger partial charge in [0.1, 0.15) is 12.4 Å². The van der Waals surface area contributed by atoms with Crippen molar-refractivity contribution in [3.05, 3.63) is 29.3 Å². The zero-order chi connectivity index (χ0) is 15.4. The first-order valence-corrected chi connectivity index (χ1v) is 8.41. The predicted molar refractivity (Wildman–Crippen MR) is 90.1 cm³/mol. The van der Waals surface area contributed by atoms with E-state index >= 15 is 0 Å². The number of nitrogens with zero attached hydrogens (tertiary/aromatic N) is 1. The summed E-state index contributed by atoms with van der Waals surface area (Å²) in [6.07, 6.45) is 1.37. The van der Waals surface area contributed by atoms with Crippen LogP contribution in [-0.2, 0) is 0 Å². The number of aryl methyl sites for hydroxylation is 1. The second-order valence-electron chi connectivity index (χ2n) is 7.25. The van der Waals surface area contributed by atoms with Crippen molar-refractivity contribution in [1.82, 2.24) is 4.90 Å². The van der Waals surface area contributed by atoms with Crippen molar-refractivity contribution < 1.29 is 4.74 Å². The molecule has 2 atom stereocenters. The van der Waals surface area contributed by atoms with Gasteiger partial charge in [0.15, 0.2) is 0 Å². The smallest absolute Gasteiger partial charge is 0.123 e. The van der Waals surface area contributed by atoms with E-state index in [0.717, 1.165) is 30.7 Å². The van der Waals surface area contributed by atoms with Crippen molar-refractivity contribution in [3.8, 4) is 5.75 Å². The average Bonchev–Trinajstić information content (AvgIpc) is 2.37. The molecule has 0 radical (unpaired) electrons. The molecule has 0 saturated carbocycles. The van der Waals surface area contributed by atoms with E-state index < -0.39 is 0 Å². The maximum atomic E-state index is 6.11. The summed E-state index contributed by atoms with van der Waals surface area (Å²) in [6.45, 7) is 15.6. The van der Waals surface area contributed by atoms with Crippen LogP contribution >= 0.6 is 0 Å². The normalized spacial score (nSPS) is 23.5.